The summed E-state index contributed by atoms with van der Waals surface area (Å²) in [6, 6.07) is 0. The van der Waals surface area contributed by atoms with Gasteiger partial charge in [0.05, 0.1) is 25.2 Å². The minimum Gasteiger partial charge on any atom is -0.469 e. The standard InChI is InChI=1S/C19H29N3O3/c1-5-13(17(21)22)8-11-16(20)14-6-9-15(10-7-14)25-12-19(2,3)18(23)24-4/h5-6,8,11,15H,1,7,9-10,12,20H2,2-4H3,(H3,21,22)/b13-8+,16-11-. The fourth-order valence-electron chi connectivity index (χ4n) is 2.44. The summed E-state index contributed by atoms with van der Waals surface area (Å²) in [4.78, 5) is 11.7. The van der Waals surface area contributed by atoms with Crippen LogP contribution >= 0.6 is 0 Å². The second-order valence-electron chi connectivity index (χ2n) is 6.67. The molecule has 0 saturated carbocycles. The largest absolute Gasteiger partial charge is 0.469 e. The van der Waals surface area contributed by atoms with E-state index < -0.39 is 5.41 Å². The van der Waals surface area contributed by atoms with E-state index in [0.717, 1.165) is 24.8 Å². The number of nitrogens with two attached hydrogens (primary N) is 2. The topological polar surface area (TPSA) is 111 Å². The Morgan fingerprint density at radius 2 is 2.12 bits per heavy atom. The Bertz CT molecular complexity index is 615. The number of carbonyl (C=O) groups is 1. The summed E-state index contributed by atoms with van der Waals surface area (Å²) in [5, 5.41) is 7.41. The highest BCUT2D eigenvalue weighted by Gasteiger charge is 2.30. The third-order valence-electron chi connectivity index (χ3n) is 4.12. The van der Waals surface area contributed by atoms with E-state index in [-0.39, 0.29) is 17.9 Å². The molecule has 0 fully saturated rings. The highest BCUT2D eigenvalue weighted by molar-refractivity contribution is 5.97. The number of carbonyl (C=O) groups excluding carboxylic acids is 1. The highest BCUT2D eigenvalue weighted by Crippen LogP contribution is 2.26. The average molecular weight is 347 g/mol. The summed E-state index contributed by atoms with van der Waals surface area (Å²) < 4.78 is 10.7. The lowest BCUT2D eigenvalue weighted by Crippen LogP contribution is -2.33. The Morgan fingerprint density at radius 3 is 2.60 bits per heavy atom. The van der Waals surface area contributed by atoms with Crippen LogP contribution in [0, 0.1) is 10.8 Å². The summed E-state index contributed by atoms with van der Waals surface area (Å²) in [6.07, 6.45) is 9.45. The molecule has 0 spiro atoms. The van der Waals surface area contributed by atoms with Crippen molar-refractivity contribution in [3.05, 3.63) is 47.7 Å². The Hall–Kier alpha value is -2.34. The van der Waals surface area contributed by atoms with Gasteiger partial charge in [-0.25, -0.2) is 0 Å². The van der Waals surface area contributed by atoms with Crippen molar-refractivity contribution in [2.75, 3.05) is 13.7 Å². The van der Waals surface area contributed by atoms with E-state index in [2.05, 4.69) is 12.7 Å². The van der Waals surface area contributed by atoms with Crippen molar-refractivity contribution in [1.29, 1.82) is 5.41 Å². The normalized spacial score (nSPS) is 19.2. The molecule has 25 heavy (non-hydrogen) atoms. The maximum absolute atomic E-state index is 11.7. The van der Waals surface area contributed by atoms with Gasteiger partial charge >= 0.3 is 5.97 Å². The van der Waals surface area contributed by atoms with E-state index in [1.807, 2.05) is 13.8 Å². The number of nitrogens with one attached hydrogen (secondary N) is 1. The van der Waals surface area contributed by atoms with Gasteiger partial charge in [-0.2, -0.15) is 0 Å². The summed E-state index contributed by atoms with van der Waals surface area (Å²) in [5.74, 6) is -0.319. The van der Waals surface area contributed by atoms with Gasteiger partial charge in [0.15, 0.2) is 0 Å². The molecule has 0 amide bonds. The first kappa shape index (κ1) is 20.7. The molecule has 0 saturated heterocycles. The second-order valence-corrected chi connectivity index (χ2v) is 6.67. The molecule has 6 nitrogen and oxygen atoms in total. The fraction of sp³-hybridized carbons (Fsp3) is 0.474. The van der Waals surface area contributed by atoms with E-state index in [1.54, 1.807) is 12.2 Å². The van der Waals surface area contributed by atoms with Crippen LogP contribution in [0.3, 0.4) is 0 Å². The molecule has 1 unspecified atom stereocenters. The Kier molecular flexibility index (Phi) is 7.64. The molecule has 0 radical (unpaired) electrons. The molecule has 0 heterocycles. The smallest absolute Gasteiger partial charge is 0.313 e. The highest BCUT2D eigenvalue weighted by atomic mass is 16.5. The molecule has 0 aromatic rings. The SMILES string of the molecule is C=C/C(=C\C=C(/N)C1=CCC(OCC(C)(C)C(=O)OC)CC1)C(=N)N. The van der Waals surface area contributed by atoms with Crippen LogP contribution < -0.4 is 11.5 Å². The summed E-state index contributed by atoms with van der Waals surface area (Å²) in [7, 11) is 1.38. The average Bonchev–Trinajstić information content (AvgIpc) is 2.59. The van der Waals surface area contributed by atoms with Crippen LogP contribution in [0.2, 0.25) is 0 Å². The van der Waals surface area contributed by atoms with Crippen molar-refractivity contribution in [3.8, 4) is 0 Å². The number of amidine groups is 1. The van der Waals surface area contributed by atoms with Gasteiger partial charge < -0.3 is 20.9 Å². The summed E-state index contributed by atoms with van der Waals surface area (Å²) in [5.41, 5.74) is 13.1. The van der Waals surface area contributed by atoms with Crippen molar-refractivity contribution in [2.45, 2.75) is 39.2 Å². The molecular weight excluding hydrogens is 318 g/mol. The third-order valence-corrected chi connectivity index (χ3v) is 4.12. The minimum atomic E-state index is -0.657. The number of hydrogen-bond acceptors (Lipinski definition) is 5. The van der Waals surface area contributed by atoms with Gasteiger partial charge in [0.25, 0.3) is 0 Å². The molecule has 1 atom stereocenters. The van der Waals surface area contributed by atoms with Gasteiger partial charge in [-0.3, -0.25) is 10.2 Å². The number of ether oxygens (including phenoxy) is 2. The quantitative estimate of drug-likeness (QED) is 0.270. The van der Waals surface area contributed by atoms with E-state index >= 15 is 0 Å². The minimum absolute atomic E-state index is 0.0432. The lowest BCUT2D eigenvalue weighted by atomic mass is 9.93. The Labute approximate surface area is 149 Å². The predicted molar refractivity (Wildman–Crippen MR) is 99.9 cm³/mol. The molecule has 1 aliphatic carbocycles. The molecule has 0 bridgehead atoms. The number of allylic oxidation sites excluding steroid dienone is 3. The molecule has 1 rings (SSSR count). The summed E-state index contributed by atoms with van der Waals surface area (Å²) in [6.45, 7) is 7.56. The first-order chi connectivity index (χ1) is 11.7. The van der Waals surface area contributed by atoms with Crippen molar-refractivity contribution in [1.82, 2.24) is 0 Å². The first-order valence-electron chi connectivity index (χ1n) is 8.25. The van der Waals surface area contributed by atoms with Crippen LogP contribution in [-0.4, -0.2) is 31.6 Å². The van der Waals surface area contributed by atoms with Crippen molar-refractivity contribution >= 4 is 11.8 Å². The zero-order valence-electron chi connectivity index (χ0n) is 15.3. The van der Waals surface area contributed by atoms with Crippen LogP contribution in [0.1, 0.15) is 33.1 Å². The van der Waals surface area contributed by atoms with E-state index in [4.69, 9.17) is 26.4 Å². The van der Waals surface area contributed by atoms with Gasteiger partial charge in [-0.15, -0.1) is 0 Å². The van der Waals surface area contributed by atoms with Gasteiger partial charge in [0, 0.05) is 11.3 Å². The molecule has 0 aromatic heterocycles. The first-order valence-corrected chi connectivity index (χ1v) is 8.25. The molecule has 1 aliphatic rings. The van der Waals surface area contributed by atoms with Crippen LogP contribution in [0.15, 0.2) is 47.7 Å². The van der Waals surface area contributed by atoms with Gasteiger partial charge in [0.1, 0.15) is 5.84 Å². The van der Waals surface area contributed by atoms with Gasteiger partial charge in [0.2, 0.25) is 0 Å². The molecule has 5 N–H and O–H groups in total. The van der Waals surface area contributed by atoms with Crippen molar-refractivity contribution < 1.29 is 14.3 Å². The van der Waals surface area contributed by atoms with Crippen LogP contribution in [0.25, 0.3) is 0 Å². The van der Waals surface area contributed by atoms with Crippen LogP contribution in [-0.2, 0) is 14.3 Å². The summed E-state index contributed by atoms with van der Waals surface area (Å²) >= 11 is 0. The molecule has 6 heteroatoms. The zero-order chi connectivity index (χ0) is 19.0. The maximum Gasteiger partial charge on any atom is 0.313 e. The van der Waals surface area contributed by atoms with Crippen LogP contribution in [0.5, 0.6) is 0 Å². The van der Waals surface area contributed by atoms with Crippen molar-refractivity contribution in [3.63, 3.8) is 0 Å². The molecule has 0 aromatic carbocycles. The Balaban J connectivity index is 2.63. The maximum atomic E-state index is 11.7. The second kappa shape index (κ2) is 9.22. The van der Waals surface area contributed by atoms with E-state index in [1.165, 1.54) is 13.2 Å². The lowest BCUT2D eigenvalue weighted by molar-refractivity contribution is -0.155. The van der Waals surface area contributed by atoms with Gasteiger partial charge in [-0.05, 0) is 50.8 Å². The van der Waals surface area contributed by atoms with E-state index in [9.17, 15) is 4.79 Å². The van der Waals surface area contributed by atoms with Crippen LogP contribution in [0.4, 0.5) is 0 Å². The number of hydrogen-bond donors (Lipinski definition) is 3. The molecular formula is C19H29N3O3. The lowest BCUT2D eigenvalue weighted by Gasteiger charge is -2.27. The molecule has 138 valence electrons. The fourth-order valence-corrected chi connectivity index (χ4v) is 2.44. The molecule has 0 aliphatic heterocycles. The Morgan fingerprint density at radius 1 is 1.44 bits per heavy atom. The van der Waals surface area contributed by atoms with E-state index in [0.29, 0.717) is 17.9 Å². The predicted octanol–water partition coefficient (Wildman–Crippen LogP) is 2.57. The van der Waals surface area contributed by atoms with Gasteiger partial charge in [-0.1, -0.05) is 18.7 Å². The third kappa shape index (κ3) is 6.23. The zero-order valence-corrected chi connectivity index (χ0v) is 15.3. The number of esters is 1. The monoisotopic (exact) mass is 347 g/mol. The number of methoxy groups -OCH3 is 1. The van der Waals surface area contributed by atoms with Crippen molar-refractivity contribution in [2.24, 2.45) is 16.9 Å². The number of rotatable bonds is 8.